The monoisotopic (exact) mass is 414 g/mol. The first-order valence-electron chi connectivity index (χ1n) is 12.0. The molecule has 0 heterocycles. The van der Waals surface area contributed by atoms with E-state index in [1.807, 2.05) is 12.1 Å². The molecule has 0 atom stereocenters. The van der Waals surface area contributed by atoms with Crippen molar-refractivity contribution in [1.82, 2.24) is 0 Å². The molecule has 0 aliphatic heterocycles. The molecule has 2 aliphatic rings. The van der Waals surface area contributed by atoms with Crippen LogP contribution >= 0.6 is 0 Å². The maximum Gasteiger partial charge on any atom is 0.373 e. The molecule has 2 saturated carbocycles. The third-order valence-corrected chi connectivity index (χ3v) is 8.19. The summed E-state index contributed by atoms with van der Waals surface area (Å²) in [5.41, 5.74) is 3.78. The summed E-state index contributed by atoms with van der Waals surface area (Å²) in [7, 11) is 0. The van der Waals surface area contributed by atoms with E-state index in [0.717, 1.165) is 24.7 Å². The summed E-state index contributed by atoms with van der Waals surface area (Å²) < 4.78 is 0. The summed E-state index contributed by atoms with van der Waals surface area (Å²) in [5.74, 6) is 1.79. The summed E-state index contributed by atoms with van der Waals surface area (Å²) in [6.45, 7) is 14.1. The Hall–Kier alpha value is -1.35. The molecule has 3 nitrogen and oxygen atoms in total. The van der Waals surface area contributed by atoms with Gasteiger partial charge in [-0.1, -0.05) is 53.7 Å². The van der Waals surface area contributed by atoms with E-state index < -0.39 is 5.97 Å². The summed E-state index contributed by atoms with van der Waals surface area (Å²) in [5, 5.41) is 9.14. The molecule has 0 saturated heterocycles. The SMILES string of the molecule is CC(C)(C)C1CCC(c2cccc(C(=O)OO)c2C2CCC(C(C)(C)C)CC2)CC1. The molecular formula is C27H42O3. The van der Waals surface area contributed by atoms with E-state index in [1.54, 1.807) is 0 Å². The third kappa shape index (κ3) is 5.10. The summed E-state index contributed by atoms with van der Waals surface area (Å²) in [6, 6.07) is 6.05. The molecule has 168 valence electrons. The van der Waals surface area contributed by atoms with Crippen LogP contribution < -0.4 is 0 Å². The Bertz CT molecular complexity index is 721. The molecule has 0 amide bonds. The van der Waals surface area contributed by atoms with Gasteiger partial charge in [0, 0.05) is 0 Å². The van der Waals surface area contributed by atoms with E-state index in [0.29, 0.717) is 28.2 Å². The second kappa shape index (κ2) is 9.02. The van der Waals surface area contributed by atoms with E-state index >= 15 is 0 Å². The predicted octanol–water partition coefficient (Wildman–Crippen LogP) is 7.96. The van der Waals surface area contributed by atoms with Gasteiger partial charge in [0.05, 0.1) is 5.56 Å². The Morgan fingerprint density at radius 3 is 1.70 bits per heavy atom. The van der Waals surface area contributed by atoms with Gasteiger partial charge in [0.15, 0.2) is 0 Å². The second-order valence-corrected chi connectivity index (χ2v) is 12.0. The first kappa shape index (κ1) is 23.3. The summed E-state index contributed by atoms with van der Waals surface area (Å²) in [6.07, 6.45) is 9.50. The van der Waals surface area contributed by atoms with Crippen LogP contribution in [0.25, 0.3) is 0 Å². The maximum atomic E-state index is 12.4. The molecule has 2 aliphatic carbocycles. The standard InChI is InChI=1S/C27H42O3/c1-26(2,3)20-14-10-18(11-15-20)22-8-7-9-23(25(28)30-29)24(22)19-12-16-21(17-13-19)27(4,5)6/h7-9,18-21,29H,10-17H2,1-6H3. The predicted molar refractivity (Wildman–Crippen MR) is 123 cm³/mol. The zero-order chi connectivity index (χ0) is 22.1. The molecule has 0 spiro atoms. The van der Waals surface area contributed by atoms with E-state index in [2.05, 4.69) is 52.5 Å². The lowest BCUT2D eigenvalue weighted by Gasteiger charge is -2.40. The Balaban J connectivity index is 1.87. The highest BCUT2D eigenvalue weighted by molar-refractivity contribution is 5.91. The van der Waals surface area contributed by atoms with Gasteiger partial charge < -0.3 is 0 Å². The quantitative estimate of drug-likeness (QED) is 0.403. The van der Waals surface area contributed by atoms with Crippen molar-refractivity contribution in [3.8, 4) is 0 Å². The van der Waals surface area contributed by atoms with E-state index in [9.17, 15) is 4.79 Å². The van der Waals surface area contributed by atoms with Gasteiger partial charge in [-0.05, 0) is 103 Å². The lowest BCUT2D eigenvalue weighted by atomic mass is 9.65. The molecule has 1 N–H and O–H groups in total. The number of hydrogen-bond donors (Lipinski definition) is 1. The number of rotatable bonds is 3. The highest BCUT2D eigenvalue weighted by atomic mass is 17.1. The molecule has 1 aromatic rings. The molecule has 0 radical (unpaired) electrons. The first-order chi connectivity index (χ1) is 14.0. The van der Waals surface area contributed by atoms with Gasteiger partial charge in [0.2, 0.25) is 0 Å². The zero-order valence-electron chi connectivity index (χ0n) is 20.0. The van der Waals surface area contributed by atoms with Crippen molar-refractivity contribution in [2.24, 2.45) is 22.7 Å². The molecule has 3 rings (SSSR count). The van der Waals surface area contributed by atoms with Gasteiger partial charge in [0.25, 0.3) is 0 Å². The second-order valence-electron chi connectivity index (χ2n) is 12.0. The number of carbonyl (C=O) groups is 1. The van der Waals surface area contributed by atoms with E-state index in [-0.39, 0.29) is 0 Å². The highest BCUT2D eigenvalue weighted by Gasteiger charge is 2.36. The average Bonchev–Trinajstić information content (AvgIpc) is 2.71. The minimum absolute atomic E-state index is 0.336. The van der Waals surface area contributed by atoms with Crippen LogP contribution in [0.5, 0.6) is 0 Å². The van der Waals surface area contributed by atoms with Gasteiger partial charge in [-0.3, -0.25) is 4.89 Å². The van der Waals surface area contributed by atoms with Gasteiger partial charge in [-0.15, -0.1) is 0 Å². The van der Waals surface area contributed by atoms with Crippen LogP contribution in [-0.4, -0.2) is 11.2 Å². The Morgan fingerprint density at radius 2 is 1.27 bits per heavy atom. The Kier molecular flexibility index (Phi) is 7.01. The number of benzene rings is 1. The fourth-order valence-electron chi connectivity index (χ4n) is 6.14. The minimum atomic E-state index is -0.604. The van der Waals surface area contributed by atoms with Crippen LogP contribution in [0, 0.1) is 22.7 Å². The average molecular weight is 415 g/mol. The normalized spacial score (nSPS) is 28.2. The largest absolute Gasteiger partial charge is 0.373 e. The molecule has 2 fully saturated rings. The first-order valence-corrected chi connectivity index (χ1v) is 12.0. The van der Waals surface area contributed by atoms with Gasteiger partial charge in [-0.2, -0.15) is 5.26 Å². The topological polar surface area (TPSA) is 46.5 Å². The third-order valence-electron chi connectivity index (χ3n) is 8.19. The molecule has 3 heteroatoms. The molecule has 0 aromatic heterocycles. The summed E-state index contributed by atoms with van der Waals surface area (Å²) in [4.78, 5) is 16.7. The van der Waals surface area contributed by atoms with Crippen LogP contribution in [0.1, 0.15) is 126 Å². The zero-order valence-corrected chi connectivity index (χ0v) is 20.0. The molecule has 0 bridgehead atoms. The lowest BCUT2D eigenvalue weighted by molar-refractivity contribution is -0.182. The molecule has 30 heavy (non-hydrogen) atoms. The van der Waals surface area contributed by atoms with Crippen molar-refractivity contribution in [3.63, 3.8) is 0 Å². The van der Waals surface area contributed by atoms with Crippen LogP contribution in [-0.2, 0) is 4.89 Å². The smallest absolute Gasteiger partial charge is 0.295 e. The maximum absolute atomic E-state index is 12.4. The van der Waals surface area contributed by atoms with Crippen LogP contribution in [0.15, 0.2) is 18.2 Å². The van der Waals surface area contributed by atoms with Gasteiger partial charge in [0.1, 0.15) is 0 Å². The van der Waals surface area contributed by atoms with Gasteiger partial charge in [-0.25, -0.2) is 4.79 Å². The van der Waals surface area contributed by atoms with Gasteiger partial charge >= 0.3 is 5.97 Å². The highest BCUT2D eigenvalue weighted by Crippen LogP contribution is 2.49. The van der Waals surface area contributed by atoms with E-state index in [1.165, 1.54) is 49.7 Å². The van der Waals surface area contributed by atoms with Crippen molar-refractivity contribution in [1.29, 1.82) is 0 Å². The number of hydrogen-bond acceptors (Lipinski definition) is 3. The van der Waals surface area contributed by atoms with Crippen molar-refractivity contribution >= 4 is 5.97 Å². The Morgan fingerprint density at radius 1 is 0.800 bits per heavy atom. The molecular weight excluding hydrogens is 372 g/mol. The molecule has 0 unspecified atom stereocenters. The van der Waals surface area contributed by atoms with Crippen LogP contribution in [0.3, 0.4) is 0 Å². The number of carbonyl (C=O) groups excluding carboxylic acids is 1. The molecule has 1 aromatic carbocycles. The van der Waals surface area contributed by atoms with E-state index in [4.69, 9.17) is 5.26 Å². The van der Waals surface area contributed by atoms with Crippen molar-refractivity contribution in [2.75, 3.05) is 0 Å². The van der Waals surface area contributed by atoms with Crippen LogP contribution in [0.2, 0.25) is 0 Å². The fourth-order valence-corrected chi connectivity index (χ4v) is 6.14. The Labute approximate surface area is 183 Å². The van der Waals surface area contributed by atoms with Crippen molar-refractivity contribution < 1.29 is 14.9 Å². The lowest BCUT2D eigenvalue weighted by Crippen LogP contribution is -2.28. The summed E-state index contributed by atoms with van der Waals surface area (Å²) >= 11 is 0. The van der Waals surface area contributed by atoms with Crippen molar-refractivity contribution in [3.05, 3.63) is 34.9 Å². The minimum Gasteiger partial charge on any atom is -0.295 e. The van der Waals surface area contributed by atoms with Crippen molar-refractivity contribution in [2.45, 2.75) is 105 Å². The van der Waals surface area contributed by atoms with Crippen LogP contribution in [0.4, 0.5) is 0 Å². The fraction of sp³-hybridized carbons (Fsp3) is 0.741.